The Kier molecular flexibility index (Phi) is 4.92. The van der Waals surface area contributed by atoms with Gasteiger partial charge in [0.1, 0.15) is 6.33 Å². The molecule has 0 radical (unpaired) electrons. The SMILES string of the molecule is CCc1ncnc(N(CCCBr)C2CCC2)c1F. The number of aromatic nitrogens is 2. The first-order valence-electron chi connectivity index (χ1n) is 6.60. The van der Waals surface area contributed by atoms with Gasteiger partial charge < -0.3 is 4.90 Å². The summed E-state index contributed by atoms with van der Waals surface area (Å²) in [7, 11) is 0. The maximum absolute atomic E-state index is 14.3. The van der Waals surface area contributed by atoms with Crippen LogP contribution in [0, 0.1) is 5.82 Å². The first kappa shape index (κ1) is 13.7. The number of alkyl halides is 1. The van der Waals surface area contributed by atoms with Crippen molar-refractivity contribution in [3.63, 3.8) is 0 Å². The summed E-state index contributed by atoms with van der Waals surface area (Å²) in [6.07, 6.45) is 6.62. The van der Waals surface area contributed by atoms with Gasteiger partial charge in [-0.2, -0.15) is 0 Å². The fourth-order valence-electron chi connectivity index (χ4n) is 2.23. The van der Waals surface area contributed by atoms with Gasteiger partial charge in [-0.1, -0.05) is 22.9 Å². The Bertz CT molecular complexity index is 396. The maximum Gasteiger partial charge on any atom is 0.187 e. The largest absolute Gasteiger partial charge is 0.351 e. The average Bonchev–Trinajstić information content (AvgIpc) is 2.32. The molecular weight excluding hydrogens is 297 g/mol. The lowest BCUT2D eigenvalue weighted by atomic mass is 9.91. The van der Waals surface area contributed by atoms with E-state index in [1.54, 1.807) is 0 Å². The van der Waals surface area contributed by atoms with Gasteiger partial charge in [0.2, 0.25) is 0 Å². The van der Waals surface area contributed by atoms with Crippen LogP contribution in [0.4, 0.5) is 10.2 Å². The summed E-state index contributed by atoms with van der Waals surface area (Å²) in [4.78, 5) is 10.3. The molecule has 1 fully saturated rings. The normalized spacial score (nSPS) is 15.5. The Morgan fingerprint density at radius 3 is 2.78 bits per heavy atom. The van der Waals surface area contributed by atoms with E-state index in [0.717, 1.165) is 31.1 Å². The van der Waals surface area contributed by atoms with Crippen LogP contribution in [0.5, 0.6) is 0 Å². The van der Waals surface area contributed by atoms with Gasteiger partial charge in [0.25, 0.3) is 0 Å². The van der Waals surface area contributed by atoms with E-state index >= 15 is 0 Å². The van der Waals surface area contributed by atoms with Gasteiger partial charge in [-0.25, -0.2) is 14.4 Å². The molecule has 0 aromatic carbocycles. The molecule has 0 spiro atoms. The molecule has 0 N–H and O–H groups in total. The Hall–Kier alpha value is -0.710. The highest BCUT2D eigenvalue weighted by molar-refractivity contribution is 9.09. The predicted octanol–water partition coefficient (Wildman–Crippen LogP) is 3.32. The third-order valence-corrected chi connectivity index (χ3v) is 4.06. The molecule has 0 atom stereocenters. The third-order valence-electron chi connectivity index (χ3n) is 3.50. The van der Waals surface area contributed by atoms with Gasteiger partial charge in [0, 0.05) is 17.9 Å². The summed E-state index contributed by atoms with van der Waals surface area (Å²) in [5.41, 5.74) is 0.517. The van der Waals surface area contributed by atoms with Gasteiger partial charge in [0.05, 0.1) is 5.69 Å². The number of anilines is 1. The second-order valence-corrected chi connectivity index (χ2v) is 5.43. The standard InChI is InChI=1S/C13H19BrFN3/c1-2-11-12(15)13(17-9-16-11)18(8-4-7-14)10-5-3-6-10/h9-10H,2-8H2,1H3. The van der Waals surface area contributed by atoms with Crippen LogP contribution in [0.25, 0.3) is 0 Å². The number of nitrogens with zero attached hydrogens (tertiary/aromatic N) is 3. The van der Waals surface area contributed by atoms with Crippen LogP contribution in [-0.4, -0.2) is 27.9 Å². The van der Waals surface area contributed by atoms with Crippen LogP contribution >= 0.6 is 15.9 Å². The fraction of sp³-hybridized carbons (Fsp3) is 0.692. The van der Waals surface area contributed by atoms with Crippen molar-refractivity contribution < 1.29 is 4.39 Å². The second-order valence-electron chi connectivity index (χ2n) is 4.63. The van der Waals surface area contributed by atoms with Crippen molar-refractivity contribution in [3.05, 3.63) is 17.8 Å². The molecule has 1 heterocycles. The van der Waals surface area contributed by atoms with E-state index in [-0.39, 0.29) is 5.82 Å². The van der Waals surface area contributed by atoms with Crippen molar-refractivity contribution in [3.8, 4) is 0 Å². The monoisotopic (exact) mass is 315 g/mol. The van der Waals surface area contributed by atoms with Crippen molar-refractivity contribution in [2.24, 2.45) is 0 Å². The molecule has 0 bridgehead atoms. The summed E-state index contributed by atoms with van der Waals surface area (Å²) < 4.78 is 14.3. The smallest absolute Gasteiger partial charge is 0.187 e. The molecule has 1 aliphatic carbocycles. The van der Waals surface area contributed by atoms with E-state index in [9.17, 15) is 4.39 Å². The number of rotatable bonds is 6. The molecule has 2 rings (SSSR count). The first-order chi connectivity index (χ1) is 8.77. The second kappa shape index (κ2) is 6.45. The summed E-state index contributed by atoms with van der Waals surface area (Å²) in [5, 5.41) is 0.934. The molecule has 3 nitrogen and oxygen atoms in total. The van der Waals surface area contributed by atoms with Gasteiger partial charge in [0.15, 0.2) is 11.6 Å². The lowest BCUT2D eigenvalue weighted by Gasteiger charge is -2.38. The Morgan fingerprint density at radius 2 is 2.22 bits per heavy atom. The molecule has 0 unspecified atom stereocenters. The molecule has 0 amide bonds. The Labute approximate surface area is 116 Å². The highest BCUT2D eigenvalue weighted by Crippen LogP contribution is 2.30. The molecule has 1 aliphatic rings. The number of hydrogen-bond acceptors (Lipinski definition) is 3. The van der Waals surface area contributed by atoms with Gasteiger partial charge in [-0.05, 0) is 32.1 Å². The number of halogens is 2. The highest BCUT2D eigenvalue weighted by Gasteiger charge is 2.28. The average molecular weight is 316 g/mol. The van der Waals surface area contributed by atoms with E-state index in [2.05, 4.69) is 30.8 Å². The summed E-state index contributed by atoms with van der Waals surface area (Å²) in [5.74, 6) is 0.258. The molecule has 18 heavy (non-hydrogen) atoms. The van der Waals surface area contributed by atoms with E-state index in [0.29, 0.717) is 24.0 Å². The van der Waals surface area contributed by atoms with E-state index in [1.165, 1.54) is 12.7 Å². The van der Waals surface area contributed by atoms with E-state index < -0.39 is 0 Å². The van der Waals surface area contributed by atoms with Crippen LogP contribution in [0.3, 0.4) is 0 Å². The molecule has 1 aromatic heterocycles. The van der Waals surface area contributed by atoms with Crippen LogP contribution in [-0.2, 0) is 6.42 Å². The molecule has 0 aliphatic heterocycles. The molecule has 0 saturated heterocycles. The quantitative estimate of drug-likeness (QED) is 0.754. The van der Waals surface area contributed by atoms with Crippen molar-refractivity contribution >= 4 is 21.7 Å². The minimum Gasteiger partial charge on any atom is -0.351 e. The van der Waals surface area contributed by atoms with E-state index in [1.807, 2.05) is 6.92 Å². The lowest BCUT2D eigenvalue weighted by molar-refractivity contribution is 0.379. The van der Waals surface area contributed by atoms with Crippen LogP contribution in [0.2, 0.25) is 0 Å². The number of aryl methyl sites for hydroxylation is 1. The van der Waals surface area contributed by atoms with E-state index in [4.69, 9.17) is 0 Å². The zero-order chi connectivity index (χ0) is 13.0. The van der Waals surface area contributed by atoms with Crippen molar-refractivity contribution in [1.82, 2.24) is 9.97 Å². The van der Waals surface area contributed by atoms with Gasteiger partial charge in [-0.3, -0.25) is 0 Å². The van der Waals surface area contributed by atoms with Gasteiger partial charge in [-0.15, -0.1) is 0 Å². The third kappa shape index (κ3) is 2.82. The highest BCUT2D eigenvalue weighted by atomic mass is 79.9. The lowest BCUT2D eigenvalue weighted by Crippen LogP contribution is -2.42. The van der Waals surface area contributed by atoms with Crippen LogP contribution in [0.15, 0.2) is 6.33 Å². The van der Waals surface area contributed by atoms with Crippen molar-refractivity contribution in [2.75, 3.05) is 16.8 Å². The molecular formula is C13H19BrFN3. The summed E-state index contributed by atoms with van der Waals surface area (Å²) >= 11 is 3.43. The summed E-state index contributed by atoms with van der Waals surface area (Å²) in [6, 6.07) is 0.457. The number of hydrogen-bond donors (Lipinski definition) is 0. The Balaban J connectivity index is 2.23. The zero-order valence-corrected chi connectivity index (χ0v) is 12.3. The maximum atomic E-state index is 14.3. The van der Waals surface area contributed by atoms with Gasteiger partial charge >= 0.3 is 0 Å². The topological polar surface area (TPSA) is 29.0 Å². The minimum absolute atomic E-state index is 0.235. The van der Waals surface area contributed by atoms with Crippen LogP contribution < -0.4 is 4.90 Å². The molecule has 100 valence electrons. The fourth-order valence-corrected chi connectivity index (χ4v) is 2.48. The summed E-state index contributed by atoms with van der Waals surface area (Å²) in [6.45, 7) is 2.77. The van der Waals surface area contributed by atoms with Crippen molar-refractivity contribution in [1.29, 1.82) is 0 Å². The Morgan fingerprint density at radius 1 is 1.44 bits per heavy atom. The first-order valence-corrected chi connectivity index (χ1v) is 7.72. The molecule has 1 aromatic rings. The van der Waals surface area contributed by atoms with Crippen LogP contribution in [0.1, 0.15) is 38.3 Å². The predicted molar refractivity (Wildman–Crippen MR) is 74.8 cm³/mol. The zero-order valence-electron chi connectivity index (χ0n) is 10.7. The minimum atomic E-state index is -0.235. The molecule has 1 saturated carbocycles. The van der Waals surface area contributed by atoms with Crippen molar-refractivity contribution in [2.45, 2.75) is 45.1 Å². The molecule has 5 heteroatoms.